The van der Waals surface area contributed by atoms with Gasteiger partial charge in [0.05, 0.1) is 0 Å². The highest BCUT2D eigenvalue weighted by Gasteiger charge is 2.25. The van der Waals surface area contributed by atoms with E-state index in [2.05, 4.69) is 5.32 Å². The quantitative estimate of drug-likeness (QED) is 0.705. The monoisotopic (exact) mass is 195 g/mol. The highest BCUT2D eigenvalue weighted by atomic mass is 19.1. The van der Waals surface area contributed by atoms with Crippen LogP contribution in [0.1, 0.15) is 17.9 Å². The molecule has 2 rings (SSSR count). The number of aromatic hydroxyl groups is 1. The van der Waals surface area contributed by atoms with Crippen LogP contribution >= 0.6 is 0 Å². The van der Waals surface area contributed by atoms with E-state index >= 15 is 0 Å². The van der Waals surface area contributed by atoms with Gasteiger partial charge in [0.2, 0.25) is 5.91 Å². The fourth-order valence-corrected chi connectivity index (χ4v) is 1.69. The second kappa shape index (κ2) is 3.29. The maximum absolute atomic E-state index is 12.7. The summed E-state index contributed by atoms with van der Waals surface area (Å²) in [6.45, 7) is 0.512. The van der Waals surface area contributed by atoms with E-state index in [9.17, 15) is 14.3 Å². The number of carbonyl (C=O) groups is 1. The summed E-state index contributed by atoms with van der Waals surface area (Å²) < 4.78 is 12.7. The van der Waals surface area contributed by atoms with Gasteiger partial charge in [0.25, 0.3) is 0 Å². The minimum absolute atomic E-state index is 0.0290. The van der Waals surface area contributed by atoms with Crippen LogP contribution in [-0.4, -0.2) is 17.6 Å². The molecule has 1 atom stereocenters. The molecule has 1 fully saturated rings. The summed E-state index contributed by atoms with van der Waals surface area (Å²) in [5.74, 6) is -0.614. The van der Waals surface area contributed by atoms with Gasteiger partial charge in [0, 0.05) is 24.9 Å². The Morgan fingerprint density at radius 1 is 1.50 bits per heavy atom. The van der Waals surface area contributed by atoms with Crippen LogP contribution in [0.3, 0.4) is 0 Å². The molecule has 0 bridgehead atoms. The van der Waals surface area contributed by atoms with Crippen molar-refractivity contribution in [1.29, 1.82) is 0 Å². The predicted molar refractivity (Wildman–Crippen MR) is 48.4 cm³/mol. The second-order valence-electron chi connectivity index (χ2n) is 3.41. The van der Waals surface area contributed by atoms with Gasteiger partial charge in [0.15, 0.2) is 0 Å². The van der Waals surface area contributed by atoms with E-state index in [1.165, 1.54) is 12.1 Å². The summed E-state index contributed by atoms with van der Waals surface area (Å²) in [7, 11) is 0. The van der Waals surface area contributed by atoms with Gasteiger partial charge in [-0.05, 0) is 11.6 Å². The molecule has 1 amide bonds. The fraction of sp³-hybridized carbons (Fsp3) is 0.300. The first-order chi connectivity index (χ1) is 6.66. The van der Waals surface area contributed by atoms with Gasteiger partial charge in [-0.15, -0.1) is 0 Å². The highest BCUT2D eigenvalue weighted by Crippen LogP contribution is 2.30. The Balaban J connectivity index is 2.28. The van der Waals surface area contributed by atoms with Crippen molar-refractivity contribution in [2.24, 2.45) is 0 Å². The largest absolute Gasteiger partial charge is 0.508 e. The molecule has 3 nitrogen and oxygen atoms in total. The number of benzene rings is 1. The number of carbonyl (C=O) groups excluding carboxylic acids is 1. The Bertz CT molecular complexity index is 378. The molecular weight excluding hydrogens is 185 g/mol. The van der Waals surface area contributed by atoms with Crippen LogP contribution in [-0.2, 0) is 4.79 Å². The molecule has 1 heterocycles. The van der Waals surface area contributed by atoms with Gasteiger partial charge in [0.1, 0.15) is 11.6 Å². The number of phenols is 1. The van der Waals surface area contributed by atoms with E-state index in [1.807, 2.05) is 0 Å². The Hall–Kier alpha value is -1.58. The van der Waals surface area contributed by atoms with Gasteiger partial charge in [-0.3, -0.25) is 4.79 Å². The van der Waals surface area contributed by atoms with Crippen molar-refractivity contribution in [3.05, 3.63) is 29.6 Å². The van der Waals surface area contributed by atoms with Crippen LogP contribution in [0.2, 0.25) is 0 Å². The maximum Gasteiger partial charge on any atom is 0.220 e. The van der Waals surface area contributed by atoms with Crippen molar-refractivity contribution in [1.82, 2.24) is 5.32 Å². The van der Waals surface area contributed by atoms with Gasteiger partial charge >= 0.3 is 0 Å². The molecule has 0 aromatic heterocycles. The standard InChI is InChI=1S/C10H10FNO2/c11-7-1-2-8(9(13)4-7)6-3-10(14)12-5-6/h1-2,4,6,13H,3,5H2,(H,12,14). The minimum Gasteiger partial charge on any atom is -0.508 e. The first-order valence-corrected chi connectivity index (χ1v) is 4.42. The SMILES string of the molecule is O=C1CC(c2ccc(F)cc2O)CN1. The summed E-state index contributed by atoms with van der Waals surface area (Å²) in [4.78, 5) is 10.9. The zero-order valence-corrected chi connectivity index (χ0v) is 7.46. The van der Waals surface area contributed by atoms with E-state index in [-0.39, 0.29) is 17.6 Å². The zero-order chi connectivity index (χ0) is 10.1. The lowest BCUT2D eigenvalue weighted by molar-refractivity contribution is -0.119. The van der Waals surface area contributed by atoms with Crippen molar-refractivity contribution >= 4 is 5.91 Å². The van der Waals surface area contributed by atoms with E-state index in [0.29, 0.717) is 18.5 Å². The van der Waals surface area contributed by atoms with Crippen LogP contribution in [0.4, 0.5) is 4.39 Å². The van der Waals surface area contributed by atoms with E-state index in [0.717, 1.165) is 6.07 Å². The Morgan fingerprint density at radius 3 is 2.86 bits per heavy atom. The van der Waals surface area contributed by atoms with Crippen LogP contribution in [0, 0.1) is 5.82 Å². The fourth-order valence-electron chi connectivity index (χ4n) is 1.69. The maximum atomic E-state index is 12.7. The minimum atomic E-state index is -0.469. The number of nitrogens with one attached hydrogen (secondary N) is 1. The number of amides is 1. The number of rotatable bonds is 1. The molecule has 0 radical (unpaired) electrons. The van der Waals surface area contributed by atoms with Gasteiger partial charge in [-0.2, -0.15) is 0 Å². The van der Waals surface area contributed by atoms with E-state index in [1.54, 1.807) is 0 Å². The van der Waals surface area contributed by atoms with E-state index < -0.39 is 5.82 Å². The van der Waals surface area contributed by atoms with Gasteiger partial charge in [-0.1, -0.05) is 6.07 Å². The van der Waals surface area contributed by atoms with Gasteiger partial charge in [-0.25, -0.2) is 4.39 Å². The molecule has 0 spiro atoms. The van der Waals surface area contributed by atoms with Crippen LogP contribution in [0.25, 0.3) is 0 Å². The molecule has 2 N–H and O–H groups in total. The summed E-state index contributed by atoms with van der Waals surface area (Å²) >= 11 is 0. The lowest BCUT2D eigenvalue weighted by Crippen LogP contribution is -2.13. The molecule has 4 heteroatoms. The van der Waals surface area contributed by atoms with E-state index in [4.69, 9.17) is 0 Å². The molecule has 1 aliphatic heterocycles. The lowest BCUT2D eigenvalue weighted by atomic mass is 9.97. The number of hydrogen-bond acceptors (Lipinski definition) is 2. The first kappa shape index (κ1) is 8.99. The normalized spacial score (nSPS) is 20.9. The average Bonchev–Trinajstić information content (AvgIpc) is 2.51. The molecule has 74 valence electrons. The number of hydrogen-bond donors (Lipinski definition) is 2. The Labute approximate surface area is 80.6 Å². The molecule has 1 saturated heterocycles. The molecule has 14 heavy (non-hydrogen) atoms. The lowest BCUT2D eigenvalue weighted by Gasteiger charge is -2.09. The van der Waals surface area contributed by atoms with Crippen LogP contribution < -0.4 is 5.32 Å². The number of halogens is 1. The zero-order valence-electron chi connectivity index (χ0n) is 7.46. The molecule has 0 aliphatic carbocycles. The average molecular weight is 195 g/mol. The molecule has 1 unspecified atom stereocenters. The molecular formula is C10H10FNO2. The van der Waals surface area contributed by atoms with Gasteiger partial charge < -0.3 is 10.4 Å². The van der Waals surface area contributed by atoms with Crippen LogP contribution in [0.15, 0.2) is 18.2 Å². The van der Waals surface area contributed by atoms with Crippen LogP contribution in [0.5, 0.6) is 5.75 Å². The van der Waals surface area contributed by atoms with Crippen molar-refractivity contribution in [3.63, 3.8) is 0 Å². The van der Waals surface area contributed by atoms with Crippen molar-refractivity contribution in [3.8, 4) is 5.75 Å². The van der Waals surface area contributed by atoms with Crippen molar-refractivity contribution in [2.45, 2.75) is 12.3 Å². The Kier molecular flexibility index (Phi) is 2.11. The van der Waals surface area contributed by atoms with Crippen molar-refractivity contribution < 1.29 is 14.3 Å². The second-order valence-corrected chi connectivity index (χ2v) is 3.41. The highest BCUT2D eigenvalue weighted by molar-refractivity contribution is 5.79. The third-order valence-corrected chi connectivity index (χ3v) is 2.41. The summed E-state index contributed by atoms with van der Waals surface area (Å²) in [5.41, 5.74) is 0.629. The third-order valence-electron chi connectivity index (χ3n) is 2.41. The third kappa shape index (κ3) is 1.55. The molecule has 1 aliphatic rings. The molecule has 1 aromatic carbocycles. The summed E-state index contributed by atoms with van der Waals surface area (Å²) in [6.07, 6.45) is 0.360. The summed E-state index contributed by atoms with van der Waals surface area (Å²) in [5, 5.41) is 12.1. The predicted octanol–water partition coefficient (Wildman–Crippen LogP) is 1.13. The number of phenolic OH excluding ortho intramolecular Hbond substituents is 1. The smallest absolute Gasteiger partial charge is 0.220 e. The van der Waals surface area contributed by atoms with Crippen molar-refractivity contribution in [2.75, 3.05) is 6.54 Å². The molecule has 0 saturated carbocycles. The topological polar surface area (TPSA) is 49.3 Å². The Morgan fingerprint density at radius 2 is 2.29 bits per heavy atom. The summed E-state index contributed by atoms with van der Waals surface area (Å²) in [6, 6.07) is 3.88. The first-order valence-electron chi connectivity index (χ1n) is 4.42. The molecule has 1 aromatic rings.